The Labute approximate surface area is 122 Å². The molecule has 0 bridgehead atoms. The van der Waals surface area contributed by atoms with Crippen LogP contribution in [0.4, 0.5) is 0 Å². The first-order chi connectivity index (χ1) is 10.2. The van der Waals surface area contributed by atoms with Gasteiger partial charge in [0.15, 0.2) is 11.5 Å². The minimum Gasteiger partial charge on any atom is -0.493 e. The first-order valence-corrected chi connectivity index (χ1v) is 6.32. The van der Waals surface area contributed by atoms with E-state index in [1.54, 1.807) is 12.1 Å². The van der Waals surface area contributed by atoms with E-state index >= 15 is 0 Å². The zero-order valence-electron chi connectivity index (χ0n) is 11.8. The number of methoxy groups -OCH3 is 2. The Morgan fingerprint density at radius 3 is 2.81 bits per heavy atom. The third-order valence-corrected chi connectivity index (χ3v) is 2.84. The number of fused-ring (bicyclic) bond motifs is 1. The maximum atomic E-state index is 11.5. The van der Waals surface area contributed by atoms with E-state index < -0.39 is 0 Å². The number of carbonyl (C=O) groups is 1. The van der Waals surface area contributed by atoms with Crippen molar-refractivity contribution >= 4 is 12.0 Å². The summed E-state index contributed by atoms with van der Waals surface area (Å²) in [6.07, 6.45) is 2.92. The quantitative estimate of drug-likeness (QED) is 0.746. The van der Waals surface area contributed by atoms with Crippen LogP contribution in [0.3, 0.4) is 0 Å². The fourth-order valence-corrected chi connectivity index (χ4v) is 1.92. The molecule has 0 saturated heterocycles. The Balaban J connectivity index is 2.30. The summed E-state index contributed by atoms with van der Waals surface area (Å²) in [4.78, 5) is 11.5. The molecule has 0 aromatic heterocycles. The molecule has 1 aliphatic heterocycles. The monoisotopic (exact) mass is 295 g/mol. The summed E-state index contributed by atoms with van der Waals surface area (Å²) in [5.74, 6) is 1.58. The summed E-state index contributed by atoms with van der Waals surface area (Å²) in [6.45, 7) is 0.178. The number of amides is 1. The average Bonchev–Trinajstić information content (AvgIpc) is 2.98. The average molecular weight is 295 g/mol. The van der Waals surface area contributed by atoms with Crippen LogP contribution < -0.4 is 24.3 Å². The molecular weight excluding hydrogens is 278 g/mol. The molecule has 0 atom stereocenters. The van der Waals surface area contributed by atoms with Crippen LogP contribution in [0.2, 0.25) is 0 Å². The number of carbonyl (C=O) groups excluding carboxylic acids is 1. The second-order valence-electron chi connectivity index (χ2n) is 4.11. The highest BCUT2D eigenvalue weighted by molar-refractivity contribution is 5.92. The van der Waals surface area contributed by atoms with Crippen LogP contribution in [0.1, 0.15) is 5.56 Å². The van der Waals surface area contributed by atoms with E-state index in [1.165, 1.54) is 20.3 Å². The van der Waals surface area contributed by atoms with Crippen LogP contribution in [0, 0.1) is 0 Å². The predicted molar refractivity (Wildman–Crippen MR) is 74.8 cm³/mol. The van der Waals surface area contributed by atoms with Crippen LogP contribution in [0.5, 0.6) is 23.0 Å². The fourth-order valence-electron chi connectivity index (χ4n) is 1.92. The van der Waals surface area contributed by atoms with Crippen molar-refractivity contribution in [2.75, 3.05) is 34.2 Å². The summed E-state index contributed by atoms with van der Waals surface area (Å²) >= 11 is 0. The molecule has 1 aliphatic rings. The second kappa shape index (κ2) is 6.85. The smallest absolute Gasteiger partial charge is 0.244 e. The maximum absolute atomic E-state index is 11.5. The summed E-state index contributed by atoms with van der Waals surface area (Å²) in [7, 11) is 3.03. The van der Waals surface area contributed by atoms with Gasteiger partial charge in [0.2, 0.25) is 24.2 Å². The van der Waals surface area contributed by atoms with Crippen molar-refractivity contribution in [2.24, 2.45) is 0 Å². The Hall–Kier alpha value is -2.41. The number of benzene rings is 1. The predicted octanol–water partition coefficient (Wildman–Crippen LogP) is 0.554. The SMILES string of the molecule is COc1cc(C=CC(=O)NCCO)c(OC)c2c1OCO2. The minimum atomic E-state index is -0.317. The number of nitrogens with one attached hydrogen (secondary N) is 1. The molecule has 0 aliphatic carbocycles. The Bertz CT molecular complexity index is 555. The number of aliphatic hydroxyl groups excluding tert-OH is 1. The fraction of sp³-hybridized carbons (Fsp3) is 0.357. The molecule has 114 valence electrons. The first-order valence-electron chi connectivity index (χ1n) is 6.32. The third kappa shape index (κ3) is 3.19. The molecular formula is C14H17NO6. The molecule has 0 saturated carbocycles. The lowest BCUT2D eigenvalue weighted by atomic mass is 10.1. The molecule has 1 amide bonds. The van der Waals surface area contributed by atoms with E-state index in [0.29, 0.717) is 28.6 Å². The molecule has 1 heterocycles. The van der Waals surface area contributed by atoms with Crippen molar-refractivity contribution in [1.82, 2.24) is 5.32 Å². The van der Waals surface area contributed by atoms with Gasteiger partial charge in [-0.05, 0) is 12.1 Å². The van der Waals surface area contributed by atoms with Crippen LogP contribution in [-0.4, -0.2) is 45.2 Å². The number of hydrogen-bond acceptors (Lipinski definition) is 6. The largest absolute Gasteiger partial charge is 0.493 e. The van der Waals surface area contributed by atoms with Gasteiger partial charge in [0, 0.05) is 18.2 Å². The molecule has 7 heteroatoms. The lowest BCUT2D eigenvalue weighted by Gasteiger charge is -2.11. The number of ether oxygens (including phenoxy) is 4. The van der Waals surface area contributed by atoms with Crippen molar-refractivity contribution in [3.05, 3.63) is 17.7 Å². The normalized spacial score (nSPS) is 12.5. The molecule has 0 spiro atoms. The first kappa shape index (κ1) is 15.0. The van der Waals surface area contributed by atoms with Gasteiger partial charge in [0.25, 0.3) is 0 Å². The van der Waals surface area contributed by atoms with E-state index in [-0.39, 0.29) is 25.9 Å². The van der Waals surface area contributed by atoms with Crippen molar-refractivity contribution in [2.45, 2.75) is 0 Å². The summed E-state index contributed by atoms with van der Waals surface area (Å²) < 4.78 is 21.3. The minimum absolute atomic E-state index is 0.0895. The highest BCUT2D eigenvalue weighted by atomic mass is 16.7. The molecule has 7 nitrogen and oxygen atoms in total. The Morgan fingerprint density at radius 1 is 1.38 bits per heavy atom. The number of aliphatic hydroxyl groups is 1. The molecule has 0 radical (unpaired) electrons. The Morgan fingerprint density at radius 2 is 2.14 bits per heavy atom. The highest BCUT2D eigenvalue weighted by Crippen LogP contribution is 2.49. The lowest BCUT2D eigenvalue weighted by molar-refractivity contribution is -0.116. The molecule has 2 N–H and O–H groups in total. The van der Waals surface area contributed by atoms with Gasteiger partial charge < -0.3 is 29.4 Å². The number of rotatable bonds is 6. The van der Waals surface area contributed by atoms with Crippen molar-refractivity contribution in [3.8, 4) is 23.0 Å². The van der Waals surface area contributed by atoms with Gasteiger partial charge in [-0.25, -0.2) is 0 Å². The van der Waals surface area contributed by atoms with Gasteiger partial charge in [-0.3, -0.25) is 4.79 Å². The second-order valence-corrected chi connectivity index (χ2v) is 4.11. The molecule has 2 rings (SSSR count). The molecule has 1 aromatic carbocycles. The van der Waals surface area contributed by atoms with Gasteiger partial charge in [-0.15, -0.1) is 0 Å². The van der Waals surface area contributed by atoms with Crippen molar-refractivity contribution in [1.29, 1.82) is 0 Å². The summed E-state index contributed by atoms with van der Waals surface area (Å²) in [5, 5.41) is 11.2. The van der Waals surface area contributed by atoms with Gasteiger partial charge in [-0.2, -0.15) is 0 Å². The molecule has 21 heavy (non-hydrogen) atoms. The topological polar surface area (TPSA) is 86.3 Å². The van der Waals surface area contributed by atoms with Gasteiger partial charge >= 0.3 is 0 Å². The summed E-state index contributed by atoms with van der Waals surface area (Å²) in [6, 6.07) is 1.70. The van der Waals surface area contributed by atoms with E-state index in [1.807, 2.05) is 0 Å². The van der Waals surface area contributed by atoms with Gasteiger partial charge in [0.05, 0.1) is 20.8 Å². The molecule has 1 aromatic rings. The van der Waals surface area contributed by atoms with Crippen LogP contribution in [0.25, 0.3) is 6.08 Å². The number of hydrogen-bond donors (Lipinski definition) is 2. The lowest BCUT2D eigenvalue weighted by Crippen LogP contribution is -2.24. The standard InChI is InChI=1S/C14H17NO6/c1-18-10-7-9(3-4-11(17)15-5-6-16)12(19-2)14-13(10)20-8-21-14/h3-4,7,16H,5-6,8H2,1-2H3,(H,15,17). The van der Waals surface area contributed by atoms with Gasteiger partial charge in [0.1, 0.15) is 0 Å². The van der Waals surface area contributed by atoms with Crippen LogP contribution in [-0.2, 0) is 4.79 Å². The van der Waals surface area contributed by atoms with Gasteiger partial charge in [-0.1, -0.05) is 0 Å². The zero-order valence-corrected chi connectivity index (χ0v) is 11.8. The molecule has 0 unspecified atom stereocenters. The van der Waals surface area contributed by atoms with E-state index in [0.717, 1.165) is 0 Å². The van der Waals surface area contributed by atoms with E-state index in [9.17, 15) is 4.79 Å². The van der Waals surface area contributed by atoms with Crippen LogP contribution >= 0.6 is 0 Å². The highest BCUT2D eigenvalue weighted by Gasteiger charge is 2.26. The van der Waals surface area contributed by atoms with E-state index in [4.69, 9.17) is 24.1 Å². The zero-order chi connectivity index (χ0) is 15.2. The van der Waals surface area contributed by atoms with Crippen LogP contribution in [0.15, 0.2) is 12.1 Å². The summed E-state index contributed by atoms with van der Waals surface area (Å²) in [5.41, 5.74) is 0.623. The van der Waals surface area contributed by atoms with Crippen molar-refractivity contribution in [3.63, 3.8) is 0 Å². The van der Waals surface area contributed by atoms with E-state index in [2.05, 4.69) is 5.32 Å². The molecule has 0 fully saturated rings. The Kier molecular flexibility index (Phi) is 4.89. The third-order valence-electron chi connectivity index (χ3n) is 2.84. The van der Waals surface area contributed by atoms with Crippen molar-refractivity contribution < 1.29 is 28.8 Å². The maximum Gasteiger partial charge on any atom is 0.244 e.